The van der Waals surface area contributed by atoms with Gasteiger partial charge in [0.25, 0.3) is 0 Å². The topological polar surface area (TPSA) is 38.7 Å². The molecule has 3 nitrogen and oxygen atoms in total. The number of hydrogen-bond donors (Lipinski definition) is 1. The summed E-state index contributed by atoms with van der Waals surface area (Å²) in [5.41, 5.74) is 0.119. The summed E-state index contributed by atoms with van der Waals surface area (Å²) in [7, 11) is 1.71. The molecule has 1 spiro atoms. The smallest absolute Gasteiger partial charge is 0.0832 e. The molecule has 2 rings (SSSR count). The maximum absolute atomic E-state index is 10.4. The molecule has 1 saturated heterocycles. The van der Waals surface area contributed by atoms with Gasteiger partial charge in [-0.25, -0.2) is 0 Å². The normalized spacial score (nSPS) is 30.9. The highest BCUT2D eigenvalue weighted by Gasteiger charge is 2.45. The van der Waals surface area contributed by atoms with Crippen molar-refractivity contribution < 1.29 is 14.6 Å². The molecule has 1 saturated carbocycles. The van der Waals surface area contributed by atoms with E-state index < -0.39 is 0 Å². The van der Waals surface area contributed by atoms with Crippen molar-refractivity contribution in [2.75, 3.05) is 13.7 Å². The third-order valence-corrected chi connectivity index (χ3v) is 4.54. The first-order valence-corrected chi connectivity index (χ1v) is 7.05. The van der Waals surface area contributed by atoms with Crippen molar-refractivity contribution in [3.8, 4) is 0 Å². The van der Waals surface area contributed by atoms with E-state index in [0.717, 1.165) is 32.3 Å². The molecule has 1 aliphatic carbocycles. The van der Waals surface area contributed by atoms with E-state index in [0.29, 0.717) is 5.92 Å². The van der Waals surface area contributed by atoms with Crippen LogP contribution in [-0.2, 0) is 9.47 Å². The van der Waals surface area contributed by atoms with Crippen molar-refractivity contribution in [1.29, 1.82) is 0 Å². The first kappa shape index (κ1) is 13.3. The number of ether oxygens (including phenoxy) is 2. The van der Waals surface area contributed by atoms with Crippen LogP contribution in [0.2, 0.25) is 0 Å². The third kappa shape index (κ3) is 2.83. The summed E-state index contributed by atoms with van der Waals surface area (Å²) in [6, 6.07) is 0. The molecular weight excluding hydrogens is 216 g/mol. The molecule has 1 aliphatic heterocycles. The van der Waals surface area contributed by atoms with Crippen LogP contribution < -0.4 is 0 Å². The van der Waals surface area contributed by atoms with Crippen LogP contribution in [0.4, 0.5) is 0 Å². The Kier molecular flexibility index (Phi) is 4.45. The molecule has 17 heavy (non-hydrogen) atoms. The fourth-order valence-corrected chi connectivity index (χ4v) is 3.29. The molecule has 0 aromatic carbocycles. The zero-order valence-corrected chi connectivity index (χ0v) is 11.2. The Labute approximate surface area is 104 Å². The molecule has 2 fully saturated rings. The predicted octanol–water partition coefficient (Wildman–Crippen LogP) is 2.51. The first-order valence-electron chi connectivity index (χ1n) is 7.05. The molecule has 0 bridgehead atoms. The lowest BCUT2D eigenvalue weighted by Crippen LogP contribution is -2.49. The summed E-state index contributed by atoms with van der Waals surface area (Å²) >= 11 is 0. The van der Waals surface area contributed by atoms with E-state index in [-0.39, 0.29) is 17.8 Å². The van der Waals surface area contributed by atoms with E-state index in [1.165, 1.54) is 19.3 Å². The van der Waals surface area contributed by atoms with Gasteiger partial charge in [0.2, 0.25) is 0 Å². The average Bonchev–Trinajstić information content (AvgIpc) is 2.33. The summed E-state index contributed by atoms with van der Waals surface area (Å²) < 4.78 is 11.3. The lowest BCUT2D eigenvalue weighted by atomic mass is 9.70. The summed E-state index contributed by atoms with van der Waals surface area (Å²) in [6.07, 6.45) is 7.34. The Morgan fingerprint density at radius 2 is 2.24 bits per heavy atom. The van der Waals surface area contributed by atoms with Crippen molar-refractivity contribution in [3.63, 3.8) is 0 Å². The minimum Gasteiger partial charge on any atom is -0.390 e. The monoisotopic (exact) mass is 242 g/mol. The molecule has 0 amide bonds. The number of rotatable bonds is 5. The van der Waals surface area contributed by atoms with Gasteiger partial charge in [-0.3, -0.25) is 0 Å². The van der Waals surface area contributed by atoms with Gasteiger partial charge in [0, 0.05) is 13.7 Å². The van der Waals surface area contributed by atoms with Gasteiger partial charge in [0.1, 0.15) is 0 Å². The highest BCUT2D eigenvalue weighted by molar-refractivity contribution is 4.96. The van der Waals surface area contributed by atoms with Gasteiger partial charge in [-0.15, -0.1) is 0 Å². The minimum absolute atomic E-state index is 0.000210. The fourth-order valence-electron chi connectivity index (χ4n) is 3.29. The van der Waals surface area contributed by atoms with Crippen LogP contribution in [0.3, 0.4) is 0 Å². The van der Waals surface area contributed by atoms with Crippen molar-refractivity contribution in [1.82, 2.24) is 0 Å². The van der Waals surface area contributed by atoms with Crippen molar-refractivity contribution in [3.05, 3.63) is 0 Å². The van der Waals surface area contributed by atoms with Gasteiger partial charge < -0.3 is 14.6 Å². The van der Waals surface area contributed by atoms with Crippen molar-refractivity contribution in [2.45, 2.75) is 69.7 Å². The summed E-state index contributed by atoms with van der Waals surface area (Å²) in [5, 5.41) is 10.4. The zero-order chi connectivity index (χ0) is 12.3. The molecule has 1 heterocycles. The van der Waals surface area contributed by atoms with E-state index in [1.807, 2.05) is 0 Å². The standard InChI is InChI=1S/C14H26O3/c1-3-5-12(16-2)13(15)11-6-9-17-14(10-11)7-4-8-14/h11-13,15H,3-10H2,1-2H3. The molecule has 3 heteroatoms. The number of aliphatic hydroxyl groups is 1. The second kappa shape index (κ2) is 5.68. The number of methoxy groups -OCH3 is 1. The summed E-state index contributed by atoms with van der Waals surface area (Å²) in [5.74, 6) is 0.362. The van der Waals surface area contributed by atoms with E-state index in [2.05, 4.69) is 6.92 Å². The van der Waals surface area contributed by atoms with E-state index in [1.54, 1.807) is 7.11 Å². The third-order valence-electron chi connectivity index (χ3n) is 4.54. The quantitative estimate of drug-likeness (QED) is 0.805. The van der Waals surface area contributed by atoms with Crippen LogP contribution in [0.1, 0.15) is 51.9 Å². The molecule has 1 N–H and O–H groups in total. The Morgan fingerprint density at radius 3 is 2.76 bits per heavy atom. The SMILES string of the molecule is CCCC(OC)C(O)C1CCOC2(CCC2)C1. The maximum atomic E-state index is 10.4. The largest absolute Gasteiger partial charge is 0.390 e. The fraction of sp³-hybridized carbons (Fsp3) is 1.00. The predicted molar refractivity (Wildman–Crippen MR) is 67.0 cm³/mol. The Hall–Kier alpha value is -0.120. The minimum atomic E-state index is -0.318. The molecule has 0 aromatic heterocycles. The maximum Gasteiger partial charge on any atom is 0.0832 e. The van der Waals surface area contributed by atoms with Gasteiger partial charge in [-0.2, -0.15) is 0 Å². The Morgan fingerprint density at radius 1 is 1.47 bits per heavy atom. The number of hydrogen-bond acceptors (Lipinski definition) is 3. The van der Waals surface area contributed by atoms with E-state index >= 15 is 0 Å². The van der Waals surface area contributed by atoms with Crippen LogP contribution in [0.5, 0.6) is 0 Å². The van der Waals surface area contributed by atoms with Gasteiger partial charge in [0.05, 0.1) is 17.8 Å². The van der Waals surface area contributed by atoms with Crippen LogP contribution >= 0.6 is 0 Å². The van der Waals surface area contributed by atoms with Gasteiger partial charge in [-0.1, -0.05) is 13.3 Å². The molecular formula is C14H26O3. The second-order valence-corrected chi connectivity index (χ2v) is 5.69. The van der Waals surface area contributed by atoms with Crippen molar-refractivity contribution >= 4 is 0 Å². The molecule has 2 aliphatic rings. The van der Waals surface area contributed by atoms with E-state index in [9.17, 15) is 5.11 Å². The van der Waals surface area contributed by atoms with Crippen LogP contribution in [0, 0.1) is 5.92 Å². The molecule has 3 atom stereocenters. The average molecular weight is 242 g/mol. The lowest BCUT2D eigenvalue weighted by molar-refractivity contribution is -0.168. The Bertz CT molecular complexity index is 238. The van der Waals surface area contributed by atoms with Gasteiger partial charge >= 0.3 is 0 Å². The molecule has 100 valence electrons. The lowest BCUT2D eigenvalue weighted by Gasteiger charge is -2.48. The van der Waals surface area contributed by atoms with Gasteiger partial charge in [0.15, 0.2) is 0 Å². The summed E-state index contributed by atoms with van der Waals surface area (Å²) in [6.45, 7) is 2.94. The van der Waals surface area contributed by atoms with Crippen LogP contribution in [0.15, 0.2) is 0 Å². The zero-order valence-electron chi connectivity index (χ0n) is 11.2. The molecule has 0 aromatic rings. The highest BCUT2D eigenvalue weighted by atomic mass is 16.5. The number of aliphatic hydroxyl groups excluding tert-OH is 1. The van der Waals surface area contributed by atoms with Crippen molar-refractivity contribution in [2.24, 2.45) is 5.92 Å². The highest BCUT2D eigenvalue weighted by Crippen LogP contribution is 2.45. The first-order chi connectivity index (χ1) is 8.21. The molecule has 0 radical (unpaired) electrons. The van der Waals surface area contributed by atoms with Crippen LogP contribution in [0.25, 0.3) is 0 Å². The summed E-state index contributed by atoms with van der Waals surface area (Å²) in [4.78, 5) is 0. The van der Waals surface area contributed by atoms with E-state index in [4.69, 9.17) is 9.47 Å². The Balaban J connectivity index is 1.91. The van der Waals surface area contributed by atoms with Gasteiger partial charge in [-0.05, 0) is 44.4 Å². The molecule has 3 unspecified atom stereocenters. The van der Waals surface area contributed by atoms with Crippen LogP contribution in [-0.4, -0.2) is 36.6 Å². The second-order valence-electron chi connectivity index (χ2n) is 5.69.